The Morgan fingerprint density at radius 1 is 0.271 bits per heavy atom. The maximum atomic E-state index is 12.3. The highest BCUT2D eigenvalue weighted by atomic mass is 16.2. The fourth-order valence-electron chi connectivity index (χ4n) is 12.2. The molecule has 10 aromatic carbocycles. The molecule has 12 rings (SSSR count). The Hall–Kier alpha value is -13.9. The quantitative estimate of drug-likeness (QED) is 0.0207. The van der Waals surface area contributed by atoms with Crippen molar-refractivity contribution in [3.05, 3.63) is 354 Å². The lowest BCUT2D eigenvalue weighted by Crippen LogP contribution is -2.28. The molecule has 0 aromatic heterocycles. The number of hydrazone groups is 4. The van der Waals surface area contributed by atoms with Gasteiger partial charge in [-0.2, -0.15) is 20.4 Å². The highest BCUT2D eigenvalue weighted by Gasteiger charge is 2.22. The Kier molecular flexibility index (Phi) is 35.6. The second-order valence-corrected chi connectivity index (χ2v) is 28.8. The third-order valence-electron chi connectivity index (χ3n) is 19.6. The summed E-state index contributed by atoms with van der Waals surface area (Å²) >= 11 is 0. The maximum Gasteiger partial charge on any atom is 0.271 e. The molecule has 0 heterocycles. The number of nitrogens with zero attached hydrogens (tertiary/aromatic N) is 8. The number of amides is 4. The lowest BCUT2D eigenvalue weighted by Gasteiger charge is -2.19. The number of hydrogen-bond acceptors (Lipinski definition) is 16. The number of rotatable bonds is 28. The number of carbonyl (C=O) groups excluding carboxylic acids is 8. The molecule has 4 N–H and O–H groups in total. The van der Waals surface area contributed by atoms with Crippen molar-refractivity contribution >= 4 is 96.5 Å². The molecule has 118 heavy (non-hydrogen) atoms. The van der Waals surface area contributed by atoms with Gasteiger partial charge in [-0.25, -0.2) is 21.7 Å². The number of Topliss-reactive ketones (excluding diaryl/α,β-unsaturated/α-hetero) is 4. The summed E-state index contributed by atoms with van der Waals surface area (Å²) in [7, 11) is 0. The van der Waals surface area contributed by atoms with E-state index in [1.165, 1.54) is 31.2 Å². The molecule has 10 aromatic rings. The molecule has 600 valence electrons. The zero-order valence-corrected chi connectivity index (χ0v) is 67.6. The van der Waals surface area contributed by atoms with Crippen LogP contribution >= 0.6 is 0 Å². The van der Waals surface area contributed by atoms with E-state index in [-0.39, 0.29) is 84.8 Å². The van der Waals surface area contributed by atoms with Gasteiger partial charge in [0.05, 0.1) is 31.4 Å². The van der Waals surface area contributed by atoms with Gasteiger partial charge in [0.2, 0.25) is 5.91 Å². The summed E-state index contributed by atoms with van der Waals surface area (Å²) in [6, 6.07) is 74.2. The van der Waals surface area contributed by atoms with E-state index in [1.54, 1.807) is 104 Å². The molecule has 0 saturated heterocycles. The first-order valence-corrected chi connectivity index (χ1v) is 39.5. The number of benzene rings is 10. The summed E-state index contributed by atoms with van der Waals surface area (Å²) in [6.45, 7) is 12.6. The first-order valence-electron chi connectivity index (χ1n) is 39.5. The van der Waals surface area contributed by atoms with Crippen molar-refractivity contribution in [2.24, 2.45) is 52.2 Å². The van der Waals surface area contributed by atoms with E-state index in [1.807, 2.05) is 230 Å². The third-order valence-corrected chi connectivity index (χ3v) is 19.6. The van der Waals surface area contributed by atoms with E-state index in [0.29, 0.717) is 33.4 Å². The van der Waals surface area contributed by atoms with Crippen molar-refractivity contribution in [3.8, 4) is 0 Å². The molecule has 0 aliphatic heterocycles. The Balaban J connectivity index is 0.000000180. The molecule has 2 saturated carbocycles. The van der Waals surface area contributed by atoms with Crippen molar-refractivity contribution in [1.82, 2.24) is 21.7 Å². The molecule has 2 aliphatic rings. The molecule has 0 unspecified atom stereocenters. The monoisotopic (exact) mass is 1570 g/mol. The van der Waals surface area contributed by atoms with E-state index in [0.717, 1.165) is 111 Å². The normalized spacial score (nSPS) is 13.1. The van der Waals surface area contributed by atoms with E-state index in [4.69, 9.17) is 0 Å². The number of ketones is 4. The Bertz CT molecular complexity index is 4910. The van der Waals surface area contributed by atoms with Crippen LogP contribution in [0.1, 0.15) is 204 Å². The van der Waals surface area contributed by atoms with E-state index >= 15 is 0 Å². The van der Waals surface area contributed by atoms with Crippen LogP contribution in [-0.2, 0) is 9.59 Å². The summed E-state index contributed by atoms with van der Waals surface area (Å²) in [5, 5.41) is 16.1. The van der Waals surface area contributed by atoms with Gasteiger partial charge in [0.1, 0.15) is 19.6 Å². The van der Waals surface area contributed by atoms with E-state index < -0.39 is 0 Å². The summed E-state index contributed by atoms with van der Waals surface area (Å²) in [4.78, 5) is 114. The van der Waals surface area contributed by atoms with Gasteiger partial charge in [-0.3, -0.25) is 58.3 Å². The molecular weight excluding hydrogens is 1470 g/mol. The number of aliphatic imine (C=N–C) groups is 4. The maximum absolute atomic E-state index is 12.3. The number of carbonyl (C=O) groups is 8. The smallest absolute Gasteiger partial charge is 0.271 e. The van der Waals surface area contributed by atoms with Crippen LogP contribution in [-0.4, -0.2) is 123 Å². The number of nitrogens with one attached hydrogen (secondary N) is 4. The zero-order chi connectivity index (χ0) is 83.6. The van der Waals surface area contributed by atoms with E-state index in [9.17, 15) is 38.4 Å². The lowest BCUT2D eigenvalue weighted by molar-refractivity contribution is -0.126. The van der Waals surface area contributed by atoms with Crippen LogP contribution in [0.3, 0.4) is 0 Å². The minimum absolute atomic E-state index is 0.00684. The first-order chi connectivity index (χ1) is 57.3. The van der Waals surface area contributed by atoms with Gasteiger partial charge in [0.25, 0.3) is 17.7 Å². The fourth-order valence-corrected chi connectivity index (χ4v) is 12.2. The van der Waals surface area contributed by atoms with Crippen LogP contribution in [0.5, 0.6) is 0 Å². The van der Waals surface area contributed by atoms with Gasteiger partial charge in [-0.1, -0.05) is 250 Å². The van der Waals surface area contributed by atoms with Gasteiger partial charge in [0, 0.05) is 70.1 Å². The minimum atomic E-state index is -0.260. The molecular formula is C98H100N12O8. The second kappa shape index (κ2) is 47.7. The number of aryl methyl sites for hydroxylation is 6. The molecule has 20 nitrogen and oxygen atoms in total. The first kappa shape index (κ1) is 88.1. The topological polar surface area (TPSA) is 284 Å². The predicted molar refractivity (Wildman–Crippen MR) is 475 cm³/mol. The Morgan fingerprint density at radius 3 is 0.932 bits per heavy atom. The van der Waals surface area contributed by atoms with Crippen molar-refractivity contribution in [2.45, 2.75) is 106 Å². The fraction of sp³-hybridized carbons (Fsp3) is 0.224. The molecule has 0 bridgehead atoms. The Labute approximate surface area is 690 Å². The predicted octanol–water partition coefficient (Wildman–Crippen LogP) is 17.4. The van der Waals surface area contributed by atoms with Crippen LogP contribution in [0, 0.1) is 53.4 Å². The number of hydrogen-bond donors (Lipinski definition) is 4. The van der Waals surface area contributed by atoms with E-state index in [2.05, 4.69) is 62.1 Å². The SMILES string of the molecule is Cc1ccc(C(=O)CN=Cc2ccc(/C=N/NC(=O)c3ccc(C)c(C)c3)cc2)cc1C.Cc1ccc(C(=O)CN=Cc2ccc(/C=N/NC(=O)c3ccc(C)cc3)cc2)cc1.O=C(CN=Cc1ccc(/C=N/NC(=O)C2CCCCC2)cc1)C1CCCCC1.O=C(CN=Cc1ccc(/C=N/NC(=O)c2ccccc2)cc1)c1ccccc1. The summed E-state index contributed by atoms with van der Waals surface area (Å²) < 4.78 is 0. The molecule has 0 spiro atoms. The van der Waals surface area contributed by atoms with Crippen LogP contribution in [0.4, 0.5) is 0 Å². The van der Waals surface area contributed by atoms with Crippen molar-refractivity contribution in [1.29, 1.82) is 0 Å². The van der Waals surface area contributed by atoms with Crippen LogP contribution in [0.15, 0.2) is 283 Å². The highest BCUT2D eigenvalue weighted by molar-refractivity contribution is 6.02. The standard InChI is InChI=1S/C27H27N3O2.C25H23N3O2.C23H31N3O2.C23H19N3O2/c1-18-5-11-24(13-20(18)3)26(31)17-28-15-22-7-9-23(10-8-22)16-29-30-27(32)25-12-6-19(2)21(4)14-25;1-18-3-11-22(12-4-18)24(29)17-26-15-20-7-9-21(10-8-20)16-27-28-25(30)23-13-5-19(2)6-14-23;2*27-22(20-7-3-1-4-8-20)17-24-15-18-11-13-19(14-12-18)16-25-26-23(28)21-9-5-2-6-10-21/h5-16H,17H2,1-4H3,(H,30,32);3-16H,17H2,1-2H3,(H,28,30);11-16,20-21H,1-10,17H2,(H,26,28);1-16H,17H2,(H,26,28)/b28-15?,29-16+;26-15?,27-16+;2*24-15?,25-16+. The molecule has 0 radical (unpaired) electrons. The third kappa shape index (κ3) is 30.8. The largest absolute Gasteiger partial charge is 0.297 e. The van der Waals surface area contributed by atoms with Gasteiger partial charge in [0.15, 0.2) is 23.1 Å². The minimum Gasteiger partial charge on any atom is -0.297 e. The highest BCUT2D eigenvalue weighted by Crippen LogP contribution is 2.25. The van der Waals surface area contributed by atoms with Gasteiger partial charge in [-0.15, -0.1) is 0 Å². The Morgan fingerprint density at radius 2 is 0.551 bits per heavy atom. The summed E-state index contributed by atoms with van der Waals surface area (Å²) in [5.41, 5.74) is 27.6. The zero-order valence-electron chi connectivity index (χ0n) is 67.6. The van der Waals surface area contributed by atoms with Gasteiger partial charge < -0.3 is 0 Å². The van der Waals surface area contributed by atoms with Crippen LogP contribution in [0.25, 0.3) is 0 Å². The summed E-state index contributed by atoms with van der Waals surface area (Å²) in [5.74, 6) is -0.176. The van der Waals surface area contributed by atoms with Crippen molar-refractivity contribution < 1.29 is 38.4 Å². The van der Waals surface area contributed by atoms with Crippen LogP contribution in [0.2, 0.25) is 0 Å². The molecule has 0 atom stereocenters. The van der Waals surface area contributed by atoms with Gasteiger partial charge >= 0.3 is 0 Å². The molecule has 2 fully saturated rings. The average molecular weight is 1570 g/mol. The molecule has 4 amide bonds. The molecule has 20 heteroatoms. The lowest BCUT2D eigenvalue weighted by atomic mass is 9.86. The molecule has 2 aliphatic carbocycles. The van der Waals surface area contributed by atoms with Gasteiger partial charge in [-0.05, 0) is 176 Å². The second-order valence-electron chi connectivity index (χ2n) is 28.8. The summed E-state index contributed by atoms with van der Waals surface area (Å²) in [6.07, 6.45) is 24.3. The van der Waals surface area contributed by atoms with Crippen molar-refractivity contribution in [2.75, 3.05) is 26.2 Å². The average Bonchev–Trinajstić information content (AvgIpc) is 0.870. The van der Waals surface area contributed by atoms with Crippen molar-refractivity contribution in [3.63, 3.8) is 0 Å². The van der Waals surface area contributed by atoms with Crippen LogP contribution < -0.4 is 21.7 Å².